The molecule has 2 N–H and O–H groups in total. The van der Waals surface area contributed by atoms with E-state index >= 15 is 0 Å². The van der Waals surface area contributed by atoms with Gasteiger partial charge >= 0.3 is 6.03 Å². The molecule has 0 spiro atoms. The van der Waals surface area contributed by atoms with Crippen LogP contribution in [-0.2, 0) is 4.79 Å². The number of likely N-dealkylation sites (tertiary alicyclic amines) is 1. The Balaban J connectivity index is 1.37. The lowest BCUT2D eigenvalue weighted by atomic mass is 9.97. The molecule has 30 heavy (non-hydrogen) atoms. The molecule has 3 amide bonds. The molecule has 7 nitrogen and oxygen atoms in total. The minimum Gasteiger partial charge on any atom is -0.335 e. The molecule has 1 aromatic carbocycles. The molecule has 2 heterocycles. The van der Waals surface area contributed by atoms with Gasteiger partial charge in [0.1, 0.15) is 0 Å². The second-order valence-electron chi connectivity index (χ2n) is 8.62. The Morgan fingerprint density at radius 2 is 1.77 bits per heavy atom. The average molecular weight is 410 g/mol. The molecule has 1 saturated heterocycles. The van der Waals surface area contributed by atoms with Crippen LogP contribution in [0, 0.1) is 19.8 Å². The summed E-state index contributed by atoms with van der Waals surface area (Å²) in [5.41, 5.74) is 3.11. The summed E-state index contributed by atoms with van der Waals surface area (Å²) in [6, 6.07) is 10.3. The van der Waals surface area contributed by atoms with Crippen molar-refractivity contribution in [2.24, 2.45) is 5.92 Å². The Hall–Kier alpha value is -2.83. The van der Waals surface area contributed by atoms with Gasteiger partial charge in [0.2, 0.25) is 5.91 Å². The molecule has 1 aromatic heterocycles. The number of aromatic nitrogens is 2. The molecular formula is C23H31N5O2. The number of carbonyl (C=O) groups excluding carboxylic acids is 2. The molecule has 4 rings (SSSR count). The summed E-state index contributed by atoms with van der Waals surface area (Å²) in [6.45, 7) is 5.19. The topological polar surface area (TPSA) is 79.3 Å². The van der Waals surface area contributed by atoms with Crippen LogP contribution >= 0.6 is 0 Å². The van der Waals surface area contributed by atoms with Gasteiger partial charge < -0.3 is 15.5 Å². The predicted molar refractivity (Wildman–Crippen MR) is 117 cm³/mol. The molecule has 0 bridgehead atoms. The van der Waals surface area contributed by atoms with Gasteiger partial charge in [-0.25, -0.2) is 9.48 Å². The maximum absolute atomic E-state index is 12.9. The summed E-state index contributed by atoms with van der Waals surface area (Å²) in [4.78, 5) is 27.2. The lowest BCUT2D eigenvalue weighted by molar-refractivity contribution is -0.121. The maximum Gasteiger partial charge on any atom is 0.317 e. The van der Waals surface area contributed by atoms with Crippen LogP contribution in [0.15, 0.2) is 30.3 Å². The van der Waals surface area contributed by atoms with Crippen molar-refractivity contribution in [3.63, 3.8) is 0 Å². The number of nitrogens with zero attached hydrogens (tertiary/aromatic N) is 3. The standard InChI is InChI=1S/C23H31N5O2/c1-16-9-11-20(12-10-16)28-17(2)14-21(26-28)25-22(29)18-6-5-13-27(15-18)23(30)24-19-7-3-4-8-19/h9-12,14,18-19H,3-8,13,15H2,1-2H3,(H,24,30)(H,25,26,29). The monoisotopic (exact) mass is 409 g/mol. The van der Waals surface area contributed by atoms with Crippen molar-refractivity contribution in [1.29, 1.82) is 0 Å². The van der Waals surface area contributed by atoms with E-state index in [1.165, 1.54) is 18.4 Å². The first kappa shape index (κ1) is 20.4. The van der Waals surface area contributed by atoms with Gasteiger partial charge in [0.15, 0.2) is 5.82 Å². The van der Waals surface area contributed by atoms with E-state index in [0.29, 0.717) is 24.9 Å². The summed E-state index contributed by atoms with van der Waals surface area (Å²) in [5.74, 6) is 0.269. The molecule has 160 valence electrons. The Kier molecular flexibility index (Phi) is 6.06. The van der Waals surface area contributed by atoms with Crippen LogP contribution in [0.5, 0.6) is 0 Å². The number of piperidine rings is 1. The van der Waals surface area contributed by atoms with Crippen molar-refractivity contribution < 1.29 is 9.59 Å². The third-order valence-electron chi connectivity index (χ3n) is 6.18. The Bertz CT molecular complexity index is 899. The van der Waals surface area contributed by atoms with E-state index < -0.39 is 0 Å². The number of aryl methyl sites for hydroxylation is 2. The minimum atomic E-state index is -0.210. The highest BCUT2D eigenvalue weighted by Gasteiger charge is 2.30. The number of amides is 3. The Labute approximate surface area is 177 Å². The van der Waals surface area contributed by atoms with E-state index in [1.54, 1.807) is 4.90 Å². The van der Waals surface area contributed by atoms with Gasteiger partial charge in [0.05, 0.1) is 11.6 Å². The van der Waals surface area contributed by atoms with E-state index in [0.717, 1.165) is 37.1 Å². The summed E-state index contributed by atoms with van der Waals surface area (Å²) in [6.07, 6.45) is 6.12. The van der Waals surface area contributed by atoms with Crippen molar-refractivity contribution in [2.45, 2.75) is 58.4 Å². The molecule has 1 unspecified atom stereocenters. The van der Waals surface area contributed by atoms with Gasteiger partial charge in [0, 0.05) is 30.9 Å². The number of rotatable bonds is 4. The van der Waals surface area contributed by atoms with E-state index in [-0.39, 0.29) is 17.9 Å². The van der Waals surface area contributed by atoms with Gasteiger partial charge in [-0.2, -0.15) is 0 Å². The highest BCUT2D eigenvalue weighted by molar-refractivity contribution is 5.92. The van der Waals surface area contributed by atoms with Gasteiger partial charge in [-0.3, -0.25) is 4.79 Å². The molecule has 0 radical (unpaired) electrons. The summed E-state index contributed by atoms with van der Waals surface area (Å²) < 4.78 is 1.83. The number of carbonyl (C=O) groups is 2. The van der Waals surface area contributed by atoms with Crippen LogP contribution < -0.4 is 10.6 Å². The third-order valence-corrected chi connectivity index (χ3v) is 6.18. The lowest BCUT2D eigenvalue weighted by Crippen LogP contribution is -2.49. The van der Waals surface area contributed by atoms with Gasteiger partial charge in [-0.05, 0) is 51.7 Å². The summed E-state index contributed by atoms with van der Waals surface area (Å²) >= 11 is 0. The Morgan fingerprint density at radius 1 is 1.03 bits per heavy atom. The van der Waals surface area contributed by atoms with E-state index in [9.17, 15) is 9.59 Å². The van der Waals surface area contributed by atoms with Crippen LogP contribution in [0.3, 0.4) is 0 Å². The highest BCUT2D eigenvalue weighted by Crippen LogP contribution is 2.22. The number of urea groups is 1. The first-order valence-corrected chi connectivity index (χ1v) is 11.0. The fraction of sp³-hybridized carbons (Fsp3) is 0.522. The number of nitrogens with one attached hydrogen (secondary N) is 2. The fourth-order valence-corrected chi connectivity index (χ4v) is 4.42. The van der Waals surface area contributed by atoms with Crippen LogP contribution in [0.1, 0.15) is 49.8 Å². The van der Waals surface area contributed by atoms with Gasteiger partial charge in [-0.1, -0.05) is 30.5 Å². The molecule has 2 aromatic rings. The zero-order valence-electron chi connectivity index (χ0n) is 17.9. The predicted octanol–water partition coefficient (Wildman–Crippen LogP) is 3.79. The SMILES string of the molecule is Cc1ccc(-n2nc(NC(=O)C3CCCN(C(=O)NC4CCCC4)C3)cc2C)cc1. The third kappa shape index (κ3) is 4.66. The molecule has 1 atom stereocenters. The molecule has 1 aliphatic carbocycles. The van der Waals surface area contributed by atoms with Crippen molar-refractivity contribution >= 4 is 17.8 Å². The first-order chi connectivity index (χ1) is 14.5. The number of hydrogen-bond acceptors (Lipinski definition) is 3. The van der Waals surface area contributed by atoms with Crippen LogP contribution in [0.25, 0.3) is 5.69 Å². The largest absolute Gasteiger partial charge is 0.335 e. The Morgan fingerprint density at radius 3 is 2.50 bits per heavy atom. The second-order valence-corrected chi connectivity index (χ2v) is 8.62. The minimum absolute atomic E-state index is 0.0288. The van der Waals surface area contributed by atoms with E-state index in [2.05, 4.69) is 15.7 Å². The second kappa shape index (κ2) is 8.90. The number of benzene rings is 1. The van der Waals surface area contributed by atoms with Crippen molar-refractivity contribution in [1.82, 2.24) is 20.0 Å². The zero-order valence-corrected chi connectivity index (χ0v) is 17.9. The van der Waals surface area contributed by atoms with Crippen molar-refractivity contribution in [3.8, 4) is 5.69 Å². The maximum atomic E-state index is 12.9. The lowest BCUT2D eigenvalue weighted by Gasteiger charge is -2.32. The quantitative estimate of drug-likeness (QED) is 0.806. The number of hydrogen-bond donors (Lipinski definition) is 2. The van der Waals surface area contributed by atoms with Crippen molar-refractivity contribution in [2.75, 3.05) is 18.4 Å². The average Bonchev–Trinajstić information content (AvgIpc) is 3.38. The zero-order chi connectivity index (χ0) is 21.1. The molecule has 2 fully saturated rings. The van der Waals surface area contributed by atoms with Crippen LogP contribution in [0.4, 0.5) is 10.6 Å². The summed E-state index contributed by atoms with van der Waals surface area (Å²) in [5, 5.41) is 10.6. The van der Waals surface area contributed by atoms with E-state index in [4.69, 9.17) is 0 Å². The highest BCUT2D eigenvalue weighted by atomic mass is 16.2. The van der Waals surface area contributed by atoms with Gasteiger partial charge in [0.25, 0.3) is 0 Å². The molecular weight excluding hydrogens is 378 g/mol. The normalized spacial score (nSPS) is 19.7. The van der Waals surface area contributed by atoms with Gasteiger partial charge in [-0.15, -0.1) is 5.10 Å². The number of anilines is 1. The van der Waals surface area contributed by atoms with E-state index in [1.807, 2.05) is 48.9 Å². The first-order valence-electron chi connectivity index (χ1n) is 11.0. The van der Waals surface area contributed by atoms with Crippen molar-refractivity contribution in [3.05, 3.63) is 41.6 Å². The molecule has 2 aliphatic rings. The summed E-state index contributed by atoms with van der Waals surface area (Å²) in [7, 11) is 0. The fourth-order valence-electron chi connectivity index (χ4n) is 4.42. The molecule has 1 saturated carbocycles. The smallest absolute Gasteiger partial charge is 0.317 e. The molecule has 7 heteroatoms. The van der Waals surface area contributed by atoms with Crippen LogP contribution in [0.2, 0.25) is 0 Å². The molecule has 1 aliphatic heterocycles. The van der Waals surface area contributed by atoms with Crippen LogP contribution in [-0.4, -0.2) is 45.8 Å².